The van der Waals surface area contributed by atoms with Gasteiger partial charge in [-0.2, -0.15) is 0 Å². The number of aromatic nitrogens is 2. The highest BCUT2D eigenvalue weighted by Crippen LogP contribution is 2.20. The molecule has 5 heteroatoms. The predicted molar refractivity (Wildman–Crippen MR) is 66.9 cm³/mol. The molecule has 0 aliphatic rings. The summed E-state index contributed by atoms with van der Waals surface area (Å²) in [5, 5.41) is 13.1. The van der Waals surface area contributed by atoms with Gasteiger partial charge in [-0.3, -0.25) is 0 Å². The lowest BCUT2D eigenvalue weighted by molar-refractivity contribution is 0.215. The summed E-state index contributed by atoms with van der Waals surface area (Å²) in [7, 11) is 0. The van der Waals surface area contributed by atoms with E-state index in [0.29, 0.717) is 5.19 Å². The fraction of sp³-hybridized carbons (Fsp3) is 0.818. The third kappa shape index (κ3) is 4.90. The minimum Gasteiger partial charge on any atom is -0.466 e. The first kappa shape index (κ1) is 13.4. The number of nitrogens with zero attached hydrogens (tertiary/aromatic N) is 2. The predicted octanol–water partition coefficient (Wildman–Crippen LogP) is 2.60. The van der Waals surface area contributed by atoms with Crippen LogP contribution in [0.25, 0.3) is 0 Å². The Labute approximate surface area is 101 Å². The molecule has 1 unspecified atom stereocenters. The van der Waals surface area contributed by atoms with E-state index in [0.717, 1.165) is 18.0 Å². The van der Waals surface area contributed by atoms with Crippen LogP contribution >= 0.6 is 11.3 Å². The molecule has 92 valence electrons. The molecule has 0 saturated carbocycles. The van der Waals surface area contributed by atoms with Crippen LogP contribution in [0, 0.1) is 0 Å². The van der Waals surface area contributed by atoms with Crippen molar-refractivity contribution in [1.29, 1.82) is 0 Å². The van der Waals surface area contributed by atoms with Gasteiger partial charge < -0.3 is 10.1 Å². The number of hydrogen-bond acceptors (Lipinski definition) is 5. The number of rotatable bonds is 5. The molecule has 0 amide bonds. The molecule has 0 bridgehead atoms. The van der Waals surface area contributed by atoms with E-state index in [1.807, 2.05) is 6.92 Å². The van der Waals surface area contributed by atoms with Gasteiger partial charge in [0.25, 0.3) is 5.19 Å². The normalized spacial score (nSPS) is 13.8. The summed E-state index contributed by atoms with van der Waals surface area (Å²) in [6, 6.07) is 0. The minimum absolute atomic E-state index is 0.101. The molecule has 1 N–H and O–H groups in total. The molecule has 1 heterocycles. The van der Waals surface area contributed by atoms with Gasteiger partial charge in [0.05, 0.1) is 12.6 Å². The van der Waals surface area contributed by atoms with Gasteiger partial charge in [-0.1, -0.05) is 23.4 Å². The second-order valence-corrected chi connectivity index (χ2v) is 5.93. The molecule has 1 aromatic heterocycles. The van der Waals surface area contributed by atoms with Crippen LogP contribution in [-0.2, 0) is 6.54 Å². The second-order valence-electron chi connectivity index (χ2n) is 4.90. The average molecular weight is 243 g/mol. The molecule has 0 aliphatic heterocycles. The number of ether oxygens (including phenoxy) is 1. The third-order valence-corrected chi connectivity index (χ3v) is 2.91. The van der Waals surface area contributed by atoms with Crippen LogP contribution in [0.3, 0.4) is 0 Å². The van der Waals surface area contributed by atoms with Gasteiger partial charge in [-0.05, 0) is 34.1 Å². The molecule has 16 heavy (non-hydrogen) atoms. The molecule has 0 aromatic carbocycles. The van der Waals surface area contributed by atoms with Crippen molar-refractivity contribution in [3.05, 3.63) is 5.01 Å². The fourth-order valence-electron chi connectivity index (χ4n) is 0.953. The Morgan fingerprint density at radius 3 is 2.62 bits per heavy atom. The van der Waals surface area contributed by atoms with Crippen LogP contribution in [0.5, 0.6) is 5.19 Å². The largest absolute Gasteiger partial charge is 0.466 e. The van der Waals surface area contributed by atoms with Crippen molar-refractivity contribution in [2.45, 2.75) is 59.2 Å². The summed E-state index contributed by atoms with van der Waals surface area (Å²) in [5.74, 6) is 0. The van der Waals surface area contributed by atoms with E-state index in [2.05, 4.69) is 43.2 Å². The maximum Gasteiger partial charge on any atom is 0.294 e. The molecule has 4 nitrogen and oxygen atoms in total. The number of nitrogens with one attached hydrogen (secondary N) is 1. The van der Waals surface area contributed by atoms with Crippen LogP contribution in [0.4, 0.5) is 0 Å². The zero-order valence-corrected chi connectivity index (χ0v) is 11.5. The van der Waals surface area contributed by atoms with E-state index >= 15 is 0 Å². The first-order chi connectivity index (χ1) is 7.40. The average Bonchev–Trinajstić information content (AvgIpc) is 2.61. The Hall–Kier alpha value is -0.680. The smallest absolute Gasteiger partial charge is 0.294 e. The van der Waals surface area contributed by atoms with Crippen molar-refractivity contribution >= 4 is 11.3 Å². The van der Waals surface area contributed by atoms with E-state index in [1.165, 1.54) is 11.3 Å². The number of hydrogen-bond donors (Lipinski definition) is 1. The summed E-state index contributed by atoms with van der Waals surface area (Å²) in [4.78, 5) is 0. The van der Waals surface area contributed by atoms with Gasteiger partial charge in [0.2, 0.25) is 0 Å². The fourth-order valence-corrected chi connectivity index (χ4v) is 1.68. The Morgan fingerprint density at radius 2 is 2.06 bits per heavy atom. The highest BCUT2D eigenvalue weighted by Gasteiger charge is 2.12. The molecule has 0 spiro atoms. The Bertz CT molecular complexity index is 319. The van der Waals surface area contributed by atoms with Crippen LogP contribution in [0.15, 0.2) is 0 Å². The molecular weight excluding hydrogens is 222 g/mol. The quantitative estimate of drug-likeness (QED) is 0.863. The molecule has 0 radical (unpaired) electrons. The summed E-state index contributed by atoms with van der Waals surface area (Å²) >= 11 is 1.51. The monoisotopic (exact) mass is 243 g/mol. The summed E-state index contributed by atoms with van der Waals surface area (Å²) in [6.07, 6.45) is 1.19. The van der Waals surface area contributed by atoms with E-state index in [-0.39, 0.29) is 11.6 Å². The zero-order chi connectivity index (χ0) is 12.2. The third-order valence-electron chi connectivity index (χ3n) is 2.10. The van der Waals surface area contributed by atoms with Crippen molar-refractivity contribution < 1.29 is 4.74 Å². The van der Waals surface area contributed by atoms with E-state index in [9.17, 15) is 0 Å². The maximum atomic E-state index is 5.59. The van der Waals surface area contributed by atoms with E-state index in [4.69, 9.17) is 4.74 Å². The highest BCUT2D eigenvalue weighted by molar-refractivity contribution is 7.13. The van der Waals surface area contributed by atoms with Crippen molar-refractivity contribution in [3.8, 4) is 5.19 Å². The van der Waals surface area contributed by atoms with Gasteiger partial charge in [0.15, 0.2) is 0 Å². The lowest BCUT2D eigenvalue weighted by Crippen LogP contribution is -2.35. The van der Waals surface area contributed by atoms with Crippen LogP contribution < -0.4 is 10.1 Å². The molecule has 0 aliphatic carbocycles. The van der Waals surface area contributed by atoms with Crippen molar-refractivity contribution in [3.63, 3.8) is 0 Å². The van der Waals surface area contributed by atoms with Gasteiger partial charge in [-0.25, -0.2) is 0 Å². The molecular formula is C11H21N3OS. The van der Waals surface area contributed by atoms with E-state index < -0.39 is 0 Å². The van der Waals surface area contributed by atoms with Gasteiger partial charge in [0, 0.05) is 5.54 Å². The van der Waals surface area contributed by atoms with Crippen molar-refractivity contribution in [1.82, 2.24) is 15.5 Å². The first-order valence-corrected chi connectivity index (χ1v) is 6.46. The molecule has 0 fully saturated rings. The van der Waals surface area contributed by atoms with Crippen molar-refractivity contribution in [2.24, 2.45) is 0 Å². The highest BCUT2D eigenvalue weighted by atomic mass is 32.1. The van der Waals surface area contributed by atoms with Gasteiger partial charge >= 0.3 is 0 Å². The standard InChI is InChI=1S/C11H21N3OS/c1-6-8(2)15-10-14-13-9(16-10)7-12-11(3,4)5/h8,12H,6-7H2,1-5H3. The molecule has 1 aromatic rings. The molecule has 1 atom stereocenters. The summed E-state index contributed by atoms with van der Waals surface area (Å²) < 4.78 is 5.59. The van der Waals surface area contributed by atoms with E-state index in [1.54, 1.807) is 0 Å². The molecule has 0 saturated heterocycles. The Kier molecular flexibility index (Phi) is 4.68. The minimum atomic E-state index is 0.101. The van der Waals surface area contributed by atoms with Gasteiger partial charge in [-0.15, -0.1) is 5.10 Å². The van der Waals surface area contributed by atoms with Gasteiger partial charge in [0.1, 0.15) is 5.01 Å². The van der Waals surface area contributed by atoms with Crippen molar-refractivity contribution in [2.75, 3.05) is 0 Å². The Balaban J connectivity index is 2.45. The second kappa shape index (κ2) is 5.59. The van der Waals surface area contributed by atoms with Crippen LogP contribution in [0.2, 0.25) is 0 Å². The zero-order valence-electron chi connectivity index (χ0n) is 10.7. The Morgan fingerprint density at radius 1 is 1.38 bits per heavy atom. The SMILES string of the molecule is CCC(C)Oc1nnc(CNC(C)(C)C)s1. The summed E-state index contributed by atoms with van der Waals surface area (Å²) in [5.41, 5.74) is 0.101. The first-order valence-electron chi connectivity index (χ1n) is 5.65. The summed E-state index contributed by atoms with van der Waals surface area (Å²) in [6.45, 7) is 11.3. The topological polar surface area (TPSA) is 47.0 Å². The lowest BCUT2D eigenvalue weighted by atomic mass is 10.1. The maximum absolute atomic E-state index is 5.59. The van der Waals surface area contributed by atoms with Crippen LogP contribution in [-0.4, -0.2) is 21.8 Å². The molecule has 1 rings (SSSR count). The lowest BCUT2D eigenvalue weighted by Gasteiger charge is -2.19. The van der Waals surface area contributed by atoms with Crippen LogP contribution in [0.1, 0.15) is 46.0 Å².